The molecule has 0 spiro atoms. The lowest BCUT2D eigenvalue weighted by atomic mass is 9.90. The molecule has 1 aliphatic heterocycles. The van der Waals surface area contributed by atoms with E-state index in [2.05, 4.69) is 0 Å². The number of carboxylic acid groups (broad SMARTS) is 1. The number of carbonyl (C=O) groups excluding carboxylic acids is 1. The molecule has 2 rings (SSSR count). The number of likely N-dealkylation sites (tertiary alicyclic amines) is 1. The Morgan fingerprint density at radius 2 is 2.17 bits per heavy atom. The number of carboxylic acids is 1. The predicted octanol–water partition coefficient (Wildman–Crippen LogP) is 1.93. The summed E-state index contributed by atoms with van der Waals surface area (Å²) >= 11 is 0. The van der Waals surface area contributed by atoms with E-state index in [0.29, 0.717) is 13.0 Å². The summed E-state index contributed by atoms with van der Waals surface area (Å²) in [6.45, 7) is 3.96. The summed E-state index contributed by atoms with van der Waals surface area (Å²) < 4.78 is 5.18. The molecule has 1 fully saturated rings. The summed E-state index contributed by atoms with van der Waals surface area (Å²) in [7, 11) is 0. The Morgan fingerprint density at radius 1 is 1.48 bits per heavy atom. The fourth-order valence-electron chi connectivity index (χ4n) is 2.56. The third-order valence-electron chi connectivity index (χ3n) is 3.98. The van der Waals surface area contributed by atoms with Gasteiger partial charge in [-0.3, -0.25) is 19.7 Å². The molecule has 1 saturated heterocycles. The fraction of sp³-hybridized carbons (Fsp3) is 0.467. The van der Waals surface area contributed by atoms with Gasteiger partial charge in [-0.1, -0.05) is 0 Å². The molecule has 1 amide bonds. The normalized spacial score (nSPS) is 20.3. The Labute approximate surface area is 132 Å². The van der Waals surface area contributed by atoms with E-state index in [1.807, 2.05) is 0 Å². The van der Waals surface area contributed by atoms with Gasteiger partial charge in [-0.25, -0.2) is 0 Å². The third-order valence-corrected chi connectivity index (χ3v) is 3.98. The molecule has 1 unspecified atom stereocenters. The van der Waals surface area contributed by atoms with Gasteiger partial charge in [-0.2, -0.15) is 0 Å². The highest BCUT2D eigenvalue weighted by Crippen LogP contribution is 2.33. The van der Waals surface area contributed by atoms with Crippen molar-refractivity contribution >= 4 is 17.6 Å². The number of benzene rings is 1. The largest absolute Gasteiger partial charge is 0.487 e. The van der Waals surface area contributed by atoms with Crippen LogP contribution in [-0.4, -0.2) is 46.5 Å². The summed E-state index contributed by atoms with van der Waals surface area (Å²) in [4.78, 5) is 35.6. The van der Waals surface area contributed by atoms with E-state index in [1.165, 1.54) is 23.1 Å². The molecule has 1 heterocycles. The molecular formula is C15H18N2O6. The van der Waals surface area contributed by atoms with Crippen LogP contribution < -0.4 is 4.74 Å². The number of hydrogen-bond donors (Lipinski definition) is 1. The van der Waals surface area contributed by atoms with Gasteiger partial charge in [0, 0.05) is 24.7 Å². The topological polar surface area (TPSA) is 110 Å². The minimum atomic E-state index is -0.979. The van der Waals surface area contributed by atoms with Crippen molar-refractivity contribution in [2.75, 3.05) is 19.7 Å². The Kier molecular flexibility index (Phi) is 4.53. The Balaban J connectivity index is 2.25. The summed E-state index contributed by atoms with van der Waals surface area (Å²) in [6.07, 6.45) is 0.354. The zero-order chi connectivity index (χ0) is 17.2. The van der Waals surface area contributed by atoms with Gasteiger partial charge in [0.2, 0.25) is 0 Å². The zero-order valence-corrected chi connectivity index (χ0v) is 12.9. The van der Waals surface area contributed by atoms with Gasteiger partial charge in [-0.05, 0) is 32.4 Å². The van der Waals surface area contributed by atoms with E-state index in [0.717, 1.165) is 0 Å². The minimum Gasteiger partial charge on any atom is -0.487 e. The number of rotatable bonds is 5. The van der Waals surface area contributed by atoms with E-state index < -0.39 is 22.2 Å². The molecule has 0 aliphatic carbocycles. The second-order valence-electron chi connectivity index (χ2n) is 5.72. The van der Waals surface area contributed by atoms with Crippen LogP contribution in [0, 0.1) is 15.5 Å². The van der Waals surface area contributed by atoms with Crippen LogP contribution in [0.5, 0.6) is 5.75 Å². The van der Waals surface area contributed by atoms with E-state index in [4.69, 9.17) is 4.74 Å². The van der Waals surface area contributed by atoms with Crippen LogP contribution in [0.3, 0.4) is 0 Å². The number of nitro groups is 1. The average molecular weight is 322 g/mol. The first kappa shape index (κ1) is 16.7. The second kappa shape index (κ2) is 6.23. The highest BCUT2D eigenvalue weighted by atomic mass is 16.6. The zero-order valence-electron chi connectivity index (χ0n) is 12.9. The van der Waals surface area contributed by atoms with Crippen molar-refractivity contribution in [1.29, 1.82) is 0 Å². The molecule has 0 radical (unpaired) electrons. The number of nitrogens with zero attached hydrogens (tertiary/aromatic N) is 2. The number of nitro benzene ring substituents is 1. The summed E-state index contributed by atoms with van der Waals surface area (Å²) in [6, 6.07) is 4.02. The van der Waals surface area contributed by atoms with Crippen molar-refractivity contribution in [3.63, 3.8) is 0 Å². The molecule has 1 N–H and O–H groups in total. The van der Waals surface area contributed by atoms with Gasteiger partial charge in [0.1, 0.15) is 0 Å². The Bertz CT molecular complexity index is 659. The first-order chi connectivity index (χ1) is 10.8. The lowest BCUT2D eigenvalue weighted by molar-refractivity contribution is -0.385. The van der Waals surface area contributed by atoms with Crippen LogP contribution in [0.4, 0.5) is 5.69 Å². The number of ether oxygens (including phenoxy) is 1. The van der Waals surface area contributed by atoms with Gasteiger partial charge in [0.15, 0.2) is 5.75 Å². The van der Waals surface area contributed by atoms with E-state index in [9.17, 15) is 24.8 Å². The van der Waals surface area contributed by atoms with Gasteiger partial charge in [0.05, 0.1) is 16.9 Å². The van der Waals surface area contributed by atoms with Crippen LogP contribution in [0.2, 0.25) is 0 Å². The molecule has 8 nitrogen and oxygen atoms in total. The molecular weight excluding hydrogens is 304 g/mol. The molecule has 23 heavy (non-hydrogen) atoms. The van der Waals surface area contributed by atoms with Crippen molar-refractivity contribution in [2.45, 2.75) is 20.3 Å². The van der Waals surface area contributed by atoms with Crippen molar-refractivity contribution in [1.82, 2.24) is 4.90 Å². The first-order valence-electron chi connectivity index (χ1n) is 7.22. The van der Waals surface area contributed by atoms with Crippen molar-refractivity contribution < 1.29 is 24.4 Å². The lowest BCUT2D eigenvalue weighted by Gasteiger charge is -2.20. The number of carbonyl (C=O) groups is 2. The van der Waals surface area contributed by atoms with E-state index in [1.54, 1.807) is 13.8 Å². The maximum atomic E-state index is 12.5. The van der Waals surface area contributed by atoms with Crippen LogP contribution in [-0.2, 0) is 4.79 Å². The lowest BCUT2D eigenvalue weighted by Crippen LogP contribution is -2.34. The Hall–Kier alpha value is -2.64. The maximum absolute atomic E-state index is 12.5. The average Bonchev–Trinajstić information content (AvgIpc) is 2.91. The second-order valence-corrected chi connectivity index (χ2v) is 5.72. The molecule has 0 aromatic heterocycles. The number of amides is 1. The predicted molar refractivity (Wildman–Crippen MR) is 80.5 cm³/mol. The van der Waals surface area contributed by atoms with Crippen molar-refractivity contribution in [2.24, 2.45) is 5.41 Å². The molecule has 1 atom stereocenters. The molecule has 0 bridgehead atoms. The SMILES string of the molecule is CCOc1ccc(C(=O)N2CCC(C)(C(=O)O)C2)cc1[N+](=O)[O-]. The van der Waals surface area contributed by atoms with Crippen LogP contribution >= 0.6 is 0 Å². The molecule has 1 aromatic rings. The smallest absolute Gasteiger partial charge is 0.311 e. The summed E-state index contributed by atoms with van der Waals surface area (Å²) in [5.74, 6) is -1.27. The number of hydrogen-bond acceptors (Lipinski definition) is 5. The van der Waals surface area contributed by atoms with Crippen LogP contribution in [0.25, 0.3) is 0 Å². The highest BCUT2D eigenvalue weighted by molar-refractivity contribution is 5.96. The molecule has 124 valence electrons. The highest BCUT2D eigenvalue weighted by Gasteiger charge is 2.42. The molecule has 0 saturated carbocycles. The summed E-state index contributed by atoms with van der Waals surface area (Å²) in [5.41, 5.74) is -1.11. The molecule has 1 aliphatic rings. The minimum absolute atomic E-state index is 0.0855. The standard InChI is InChI=1S/C15H18N2O6/c1-3-23-12-5-4-10(8-11(12)17(21)22)13(18)16-7-6-15(2,9-16)14(19)20/h4-5,8H,3,6-7,9H2,1-2H3,(H,19,20). The van der Waals surface area contributed by atoms with E-state index in [-0.39, 0.29) is 30.2 Å². The first-order valence-corrected chi connectivity index (χ1v) is 7.22. The van der Waals surface area contributed by atoms with Crippen molar-refractivity contribution in [3.8, 4) is 5.75 Å². The van der Waals surface area contributed by atoms with Gasteiger partial charge in [-0.15, -0.1) is 0 Å². The van der Waals surface area contributed by atoms with E-state index >= 15 is 0 Å². The third kappa shape index (κ3) is 3.25. The summed E-state index contributed by atoms with van der Waals surface area (Å²) in [5, 5.41) is 20.3. The quantitative estimate of drug-likeness (QED) is 0.655. The monoisotopic (exact) mass is 322 g/mol. The Morgan fingerprint density at radius 3 is 2.70 bits per heavy atom. The van der Waals surface area contributed by atoms with Gasteiger partial charge < -0.3 is 14.7 Å². The van der Waals surface area contributed by atoms with Gasteiger partial charge >= 0.3 is 11.7 Å². The van der Waals surface area contributed by atoms with Gasteiger partial charge in [0.25, 0.3) is 5.91 Å². The van der Waals surface area contributed by atoms with Crippen LogP contribution in [0.15, 0.2) is 18.2 Å². The molecule has 8 heteroatoms. The van der Waals surface area contributed by atoms with Crippen molar-refractivity contribution in [3.05, 3.63) is 33.9 Å². The number of aliphatic carboxylic acids is 1. The maximum Gasteiger partial charge on any atom is 0.311 e. The molecule has 1 aromatic carbocycles. The fourth-order valence-corrected chi connectivity index (χ4v) is 2.56. The van der Waals surface area contributed by atoms with Crippen LogP contribution in [0.1, 0.15) is 30.6 Å².